The Morgan fingerprint density at radius 2 is 2.18 bits per heavy atom. The molecule has 0 saturated heterocycles. The van der Waals surface area contributed by atoms with Crippen molar-refractivity contribution in [1.82, 2.24) is 10.3 Å². The van der Waals surface area contributed by atoms with E-state index in [9.17, 15) is 4.79 Å². The number of nitrogens with two attached hydrogens (primary N) is 1. The van der Waals surface area contributed by atoms with Gasteiger partial charge in [0.1, 0.15) is 6.04 Å². The molecule has 0 radical (unpaired) electrons. The molecule has 0 bridgehead atoms. The smallest absolute Gasteiger partial charge is 0.239 e. The fourth-order valence-electron chi connectivity index (χ4n) is 3.52. The second kappa shape index (κ2) is 9.75. The number of carbonyl (C=O) groups excluding carboxylic acids is 1. The van der Waals surface area contributed by atoms with Gasteiger partial charge in [-0.2, -0.15) is 0 Å². The first-order valence-corrected chi connectivity index (χ1v) is 10.2. The predicted octanol–water partition coefficient (Wildman–Crippen LogP) is 3.61. The van der Waals surface area contributed by atoms with Gasteiger partial charge in [0.05, 0.1) is 0 Å². The number of halogens is 1. The topological polar surface area (TPSA) is 80.4 Å². The molecule has 0 fully saturated rings. The highest BCUT2D eigenvalue weighted by Crippen LogP contribution is 2.32. The number of amides is 1. The van der Waals surface area contributed by atoms with Crippen molar-refractivity contribution in [1.29, 1.82) is 0 Å². The first-order chi connectivity index (χ1) is 13.6. The van der Waals surface area contributed by atoms with Crippen LogP contribution in [0.1, 0.15) is 30.0 Å². The number of carbonyl (C=O) groups is 1. The summed E-state index contributed by atoms with van der Waals surface area (Å²) in [6.07, 6.45) is 12.6. The van der Waals surface area contributed by atoms with E-state index >= 15 is 0 Å². The van der Waals surface area contributed by atoms with Gasteiger partial charge in [0.2, 0.25) is 5.91 Å². The molecule has 3 N–H and O–H groups in total. The number of pyridine rings is 1. The number of hydrogen-bond donors (Lipinski definition) is 2. The molecule has 1 amide bonds. The lowest BCUT2D eigenvalue weighted by Gasteiger charge is -2.31. The number of dihydropyridines is 1. The van der Waals surface area contributed by atoms with Crippen molar-refractivity contribution in [3.63, 3.8) is 0 Å². The molecule has 146 valence electrons. The van der Waals surface area contributed by atoms with E-state index in [1.54, 1.807) is 6.20 Å². The molecule has 2 aromatic rings. The second-order valence-corrected chi connectivity index (χ2v) is 8.08. The SMILES string of the molecule is NC(=O)C(NCCC1(CCc2cccnc2)C=CC=NC1)c1cccc(Br)c1. The van der Waals surface area contributed by atoms with Crippen molar-refractivity contribution in [2.45, 2.75) is 25.3 Å². The van der Waals surface area contributed by atoms with Gasteiger partial charge in [-0.3, -0.25) is 14.8 Å². The van der Waals surface area contributed by atoms with Crippen LogP contribution in [0.3, 0.4) is 0 Å². The van der Waals surface area contributed by atoms with Crippen molar-refractivity contribution in [2.75, 3.05) is 13.1 Å². The Balaban J connectivity index is 1.63. The van der Waals surface area contributed by atoms with Gasteiger partial charge in [-0.05, 0) is 61.2 Å². The van der Waals surface area contributed by atoms with Gasteiger partial charge in [-0.15, -0.1) is 0 Å². The highest BCUT2D eigenvalue weighted by atomic mass is 79.9. The minimum Gasteiger partial charge on any atom is -0.368 e. The minimum atomic E-state index is -0.510. The summed E-state index contributed by atoms with van der Waals surface area (Å²) in [4.78, 5) is 20.7. The first-order valence-electron chi connectivity index (χ1n) is 9.43. The number of nitrogens with one attached hydrogen (secondary N) is 1. The molecule has 3 rings (SSSR count). The number of aryl methyl sites for hydroxylation is 1. The molecule has 0 spiro atoms. The van der Waals surface area contributed by atoms with E-state index in [-0.39, 0.29) is 11.3 Å². The van der Waals surface area contributed by atoms with Crippen LogP contribution in [0.15, 0.2) is 70.4 Å². The quantitative estimate of drug-likeness (QED) is 0.624. The van der Waals surface area contributed by atoms with Crippen molar-refractivity contribution >= 4 is 28.1 Å². The molecule has 5 nitrogen and oxygen atoms in total. The number of aliphatic imine (C=N–C) groups is 1. The summed E-state index contributed by atoms with van der Waals surface area (Å²) in [5.74, 6) is -0.375. The molecule has 28 heavy (non-hydrogen) atoms. The van der Waals surface area contributed by atoms with E-state index in [1.807, 2.05) is 48.8 Å². The highest BCUT2D eigenvalue weighted by molar-refractivity contribution is 9.10. The van der Waals surface area contributed by atoms with Crippen LogP contribution in [0.25, 0.3) is 0 Å². The normalized spacial score (nSPS) is 19.5. The number of allylic oxidation sites excluding steroid dienone is 1. The summed E-state index contributed by atoms with van der Waals surface area (Å²) >= 11 is 3.45. The Labute approximate surface area is 174 Å². The summed E-state index contributed by atoms with van der Waals surface area (Å²) < 4.78 is 0.926. The van der Waals surface area contributed by atoms with E-state index < -0.39 is 6.04 Å². The highest BCUT2D eigenvalue weighted by Gasteiger charge is 2.28. The van der Waals surface area contributed by atoms with Crippen molar-refractivity contribution in [3.8, 4) is 0 Å². The number of benzene rings is 1. The lowest BCUT2D eigenvalue weighted by molar-refractivity contribution is -0.120. The maximum Gasteiger partial charge on any atom is 0.239 e. The third kappa shape index (κ3) is 5.59. The number of primary amides is 1. The fourth-order valence-corrected chi connectivity index (χ4v) is 3.94. The Hall–Kier alpha value is -2.31. The molecular formula is C22H25BrN4O. The Bertz CT molecular complexity index is 853. The van der Waals surface area contributed by atoms with E-state index in [0.29, 0.717) is 6.54 Å². The van der Waals surface area contributed by atoms with Gasteiger partial charge >= 0.3 is 0 Å². The van der Waals surface area contributed by atoms with Crippen LogP contribution in [0.4, 0.5) is 0 Å². The molecule has 6 heteroatoms. The van der Waals surface area contributed by atoms with E-state index in [0.717, 1.165) is 35.8 Å². The molecule has 1 aromatic carbocycles. The second-order valence-electron chi connectivity index (χ2n) is 7.17. The maximum absolute atomic E-state index is 12.0. The number of aromatic nitrogens is 1. The first kappa shape index (κ1) is 20.4. The van der Waals surface area contributed by atoms with Crippen LogP contribution in [0.5, 0.6) is 0 Å². The molecule has 2 atom stereocenters. The zero-order chi connectivity index (χ0) is 19.8. The molecule has 0 aliphatic carbocycles. The molecule has 0 saturated carbocycles. The Morgan fingerprint density at radius 3 is 2.86 bits per heavy atom. The van der Waals surface area contributed by atoms with E-state index in [1.165, 1.54) is 5.56 Å². The third-order valence-corrected chi connectivity index (χ3v) is 5.61. The summed E-state index contributed by atoms with van der Waals surface area (Å²) in [7, 11) is 0. The van der Waals surface area contributed by atoms with Crippen LogP contribution in [0, 0.1) is 5.41 Å². The number of nitrogens with zero attached hydrogens (tertiary/aromatic N) is 2. The Morgan fingerprint density at radius 1 is 1.29 bits per heavy atom. The Kier molecular flexibility index (Phi) is 7.12. The summed E-state index contributed by atoms with van der Waals surface area (Å²) in [6.45, 7) is 1.43. The third-order valence-electron chi connectivity index (χ3n) is 5.12. The fraction of sp³-hybridized carbons (Fsp3) is 0.318. The summed E-state index contributed by atoms with van der Waals surface area (Å²) in [6, 6.07) is 11.2. The van der Waals surface area contributed by atoms with Crippen molar-refractivity contribution in [2.24, 2.45) is 16.1 Å². The molecule has 1 aliphatic heterocycles. The molecule has 1 aromatic heterocycles. The zero-order valence-electron chi connectivity index (χ0n) is 15.7. The minimum absolute atomic E-state index is 0.0307. The van der Waals surface area contributed by atoms with Crippen LogP contribution < -0.4 is 11.1 Å². The van der Waals surface area contributed by atoms with Gasteiger partial charge in [0.15, 0.2) is 0 Å². The largest absolute Gasteiger partial charge is 0.368 e. The average molecular weight is 441 g/mol. The van der Waals surface area contributed by atoms with Crippen molar-refractivity contribution in [3.05, 3.63) is 76.5 Å². The van der Waals surface area contributed by atoms with Crippen LogP contribution >= 0.6 is 15.9 Å². The molecule has 2 unspecified atom stereocenters. The number of hydrogen-bond acceptors (Lipinski definition) is 4. The van der Waals surface area contributed by atoms with Gasteiger partial charge in [0, 0.05) is 35.0 Å². The lowest BCUT2D eigenvalue weighted by Crippen LogP contribution is -2.37. The number of rotatable bonds is 9. The summed E-state index contributed by atoms with van der Waals surface area (Å²) in [5, 5.41) is 3.34. The van der Waals surface area contributed by atoms with Crippen LogP contribution in [0.2, 0.25) is 0 Å². The summed E-state index contributed by atoms with van der Waals surface area (Å²) in [5.41, 5.74) is 7.70. The lowest BCUT2D eigenvalue weighted by atomic mass is 9.78. The zero-order valence-corrected chi connectivity index (χ0v) is 17.3. The standard InChI is InChI=1S/C22H25BrN4O/c23-19-6-1-5-18(14-19)20(21(24)28)27-13-10-22(8-3-12-26-16-22)9-7-17-4-2-11-25-15-17/h1-6,8,11-12,14-15,20,27H,7,9-10,13,16H2,(H2,24,28). The average Bonchev–Trinajstić information content (AvgIpc) is 2.71. The van der Waals surface area contributed by atoms with Gasteiger partial charge in [-0.1, -0.05) is 40.2 Å². The molecular weight excluding hydrogens is 416 g/mol. The molecule has 1 aliphatic rings. The van der Waals surface area contributed by atoms with Crippen LogP contribution in [-0.2, 0) is 11.2 Å². The van der Waals surface area contributed by atoms with E-state index in [2.05, 4.69) is 43.4 Å². The maximum atomic E-state index is 12.0. The van der Waals surface area contributed by atoms with Crippen molar-refractivity contribution < 1.29 is 4.79 Å². The van der Waals surface area contributed by atoms with Crippen LogP contribution in [-0.4, -0.2) is 30.2 Å². The van der Waals surface area contributed by atoms with Gasteiger partial charge in [0.25, 0.3) is 0 Å². The van der Waals surface area contributed by atoms with Gasteiger partial charge in [-0.25, -0.2) is 0 Å². The predicted molar refractivity (Wildman–Crippen MR) is 116 cm³/mol. The monoisotopic (exact) mass is 440 g/mol. The van der Waals surface area contributed by atoms with E-state index in [4.69, 9.17) is 5.73 Å². The van der Waals surface area contributed by atoms with Gasteiger partial charge < -0.3 is 11.1 Å². The molecule has 2 heterocycles.